The molecule has 1 aliphatic rings. The van der Waals surface area contributed by atoms with Crippen LogP contribution in [0.1, 0.15) is 13.3 Å². The van der Waals surface area contributed by atoms with Crippen LogP contribution in [0.2, 0.25) is 0 Å². The van der Waals surface area contributed by atoms with Gasteiger partial charge in [-0.15, -0.1) is 0 Å². The Morgan fingerprint density at radius 3 is 2.52 bits per heavy atom. The van der Waals surface area contributed by atoms with Crippen molar-refractivity contribution in [1.29, 1.82) is 0 Å². The number of anilines is 1. The van der Waals surface area contributed by atoms with Gasteiger partial charge in [0.1, 0.15) is 18.1 Å². The normalized spacial score (nSPS) is 20.7. The summed E-state index contributed by atoms with van der Waals surface area (Å²) < 4.78 is 9.87. The van der Waals surface area contributed by atoms with E-state index >= 15 is 0 Å². The zero-order chi connectivity index (χ0) is 15.4. The second kappa shape index (κ2) is 6.39. The Morgan fingerprint density at radius 1 is 1.33 bits per heavy atom. The highest BCUT2D eigenvalue weighted by atomic mass is 16.5. The minimum Gasteiger partial charge on any atom is -0.497 e. The van der Waals surface area contributed by atoms with Gasteiger partial charge in [0.25, 0.3) is 0 Å². The molecule has 1 heterocycles. The molecule has 0 saturated carbocycles. The molecule has 6 heteroatoms. The van der Waals surface area contributed by atoms with E-state index in [9.17, 15) is 14.4 Å². The third kappa shape index (κ3) is 2.89. The van der Waals surface area contributed by atoms with Gasteiger partial charge >= 0.3 is 5.97 Å². The minimum atomic E-state index is -0.636. The number of β-lactam (4-membered cyclic amide) rings is 1. The molecular weight excluding hydrogens is 274 g/mol. The number of hydrogen-bond acceptors (Lipinski definition) is 5. The minimum absolute atomic E-state index is 0.0667. The van der Waals surface area contributed by atoms with Gasteiger partial charge in [0.2, 0.25) is 5.91 Å². The summed E-state index contributed by atoms with van der Waals surface area (Å²) in [6.07, 6.45) is 0.623. The first-order valence-electron chi connectivity index (χ1n) is 6.70. The van der Waals surface area contributed by atoms with Gasteiger partial charge in [0.15, 0.2) is 0 Å². The summed E-state index contributed by atoms with van der Waals surface area (Å²) >= 11 is 0. The molecule has 1 aromatic carbocycles. The van der Waals surface area contributed by atoms with E-state index < -0.39 is 17.9 Å². The van der Waals surface area contributed by atoms with Gasteiger partial charge in [-0.05, 0) is 31.2 Å². The van der Waals surface area contributed by atoms with Crippen LogP contribution in [0.3, 0.4) is 0 Å². The lowest BCUT2D eigenvalue weighted by Gasteiger charge is -2.43. The molecule has 1 amide bonds. The molecule has 0 unspecified atom stereocenters. The predicted molar refractivity (Wildman–Crippen MR) is 75.1 cm³/mol. The molecule has 6 nitrogen and oxygen atoms in total. The summed E-state index contributed by atoms with van der Waals surface area (Å²) in [4.78, 5) is 36.2. The first-order valence-corrected chi connectivity index (χ1v) is 6.70. The average Bonchev–Trinajstić information content (AvgIpc) is 2.50. The molecule has 0 bridgehead atoms. The molecule has 2 rings (SSSR count). The summed E-state index contributed by atoms with van der Waals surface area (Å²) in [6, 6.07) is 6.20. The lowest BCUT2D eigenvalue weighted by molar-refractivity contribution is -0.149. The van der Waals surface area contributed by atoms with Crippen LogP contribution in [0, 0.1) is 5.92 Å². The van der Waals surface area contributed by atoms with Crippen LogP contribution in [0.15, 0.2) is 24.3 Å². The van der Waals surface area contributed by atoms with Crippen molar-refractivity contribution in [2.45, 2.75) is 19.4 Å². The van der Waals surface area contributed by atoms with E-state index in [4.69, 9.17) is 9.47 Å². The van der Waals surface area contributed by atoms with Crippen LogP contribution in [-0.4, -0.2) is 37.9 Å². The standard InChI is InChI=1S/C15H17NO5/c1-3-21-14(18)8-12-13(9-17)16(15(12)19)10-4-6-11(20-2)7-5-10/h4-7,9,12-13H,3,8H2,1-2H3/t12-,13+/m0/s1. The van der Waals surface area contributed by atoms with Crippen molar-refractivity contribution in [3.63, 3.8) is 0 Å². The molecule has 0 radical (unpaired) electrons. The number of carbonyl (C=O) groups excluding carboxylic acids is 3. The molecular formula is C15H17NO5. The highest BCUT2D eigenvalue weighted by Gasteiger charge is 2.49. The number of nitrogens with zero attached hydrogens (tertiary/aromatic N) is 1. The van der Waals surface area contributed by atoms with Crippen LogP contribution in [0.25, 0.3) is 0 Å². The van der Waals surface area contributed by atoms with E-state index in [-0.39, 0.29) is 18.9 Å². The molecule has 112 valence electrons. The molecule has 0 N–H and O–H groups in total. The molecule has 1 saturated heterocycles. The van der Waals surface area contributed by atoms with Crippen molar-refractivity contribution in [1.82, 2.24) is 0 Å². The summed E-state index contributed by atoms with van der Waals surface area (Å²) in [7, 11) is 1.55. The second-order valence-corrected chi connectivity index (χ2v) is 4.65. The van der Waals surface area contributed by atoms with Crippen LogP contribution in [0.5, 0.6) is 5.75 Å². The van der Waals surface area contributed by atoms with Gasteiger partial charge in [0.05, 0.1) is 26.1 Å². The summed E-state index contributed by atoms with van der Waals surface area (Å²) in [5.74, 6) is -0.677. The Kier molecular flexibility index (Phi) is 4.57. The van der Waals surface area contributed by atoms with Crippen molar-refractivity contribution in [3.8, 4) is 5.75 Å². The van der Waals surface area contributed by atoms with Gasteiger partial charge in [-0.25, -0.2) is 0 Å². The van der Waals surface area contributed by atoms with Gasteiger partial charge in [0, 0.05) is 5.69 Å². The highest BCUT2D eigenvalue weighted by Crippen LogP contribution is 2.34. The Labute approximate surface area is 122 Å². The predicted octanol–water partition coefficient (Wildman–Crippen LogP) is 1.18. The van der Waals surface area contributed by atoms with E-state index in [1.165, 1.54) is 4.90 Å². The van der Waals surface area contributed by atoms with E-state index in [0.29, 0.717) is 17.7 Å². The molecule has 21 heavy (non-hydrogen) atoms. The van der Waals surface area contributed by atoms with E-state index in [2.05, 4.69) is 0 Å². The van der Waals surface area contributed by atoms with Crippen LogP contribution >= 0.6 is 0 Å². The van der Waals surface area contributed by atoms with E-state index in [0.717, 1.165) is 0 Å². The third-order valence-corrected chi connectivity index (χ3v) is 3.45. The monoisotopic (exact) mass is 291 g/mol. The number of amides is 1. The first kappa shape index (κ1) is 15.0. The van der Waals surface area contributed by atoms with Crippen molar-refractivity contribution < 1.29 is 23.9 Å². The maximum atomic E-state index is 12.2. The summed E-state index contributed by atoms with van der Waals surface area (Å²) in [5, 5.41) is 0. The average molecular weight is 291 g/mol. The van der Waals surface area contributed by atoms with E-state index in [1.807, 2.05) is 0 Å². The fourth-order valence-electron chi connectivity index (χ4n) is 2.37. The Morgan fingerprint density at radius 2 is 2.00 bits per heavy atom. The lowest BCUT2D eigenvalue weighted by atomic mass is 9.85. The molecule has 2 atom stereocenters. The molecule has 1 aromatic rings. The third-order valence-electron chi connectivity index (χ3n) is 3.45. The summed E-state index contributed by atoms with van der Waals surface area (Å²) in [6.45, 7) is 1.95. The topological polar surface area (TPSA) is 72.9 Å². The van der Waals surface area contributed by atoms with E-state index in [1.54, 1.807) is 38.3 Å². The molecule has 0 aromatic heterocycles. The number of aldehydes is 1. The SMILES string of the molecule is CCOC(=O)C[C@@H]1C(=O)N(c2ccc(OC)cc2)[C@@H]1C=O. The van der Waals surface area contributed by atoms with Gasteiger partial charge < -0.3 is 19.2 Å². The maximum Gasteiger partial charge on any atom is 0.306 e. The number of ether oxygens (including phenoxy) is 2. The van der Waals surface area contributed by atoms with Gasteiger partial charge in [-0.3, -0.25) is 9.59 Å². The second-order valence-electron chi connectivity index (χ2n) is 4.65. The number of benzene rings is 1. The first-order chi connectivity index (χ1) is 10.1. The number of hydrogen-bond donors (Lipinski definition) is 0. The van der Waals surface area contributed by atoms with Gasteiger partial charge in [-0.1, -0.05) is 0 Å². The quantitative estimate of drug-likeness (QED) is 0.447. The summed E-state index contributed by atoms with van der Waals surface area (Å²) in [5.41, 5.74) is 0.609. The Balaban J connectivity index is 2.10. The maximum absolute atomic E-state index is 12.2. The smallest absolute Gasteiger partial charge is 0.306 e. The Bertz CT molecular complexity index is 539. The van der Waals surface area contributed by atoms with Crippen molar-refractivity contribution in [2.75, 3.05) is 18.6 Å². The van der Waals surface area contributed by atoms with Gasteiger partial charge in [-0.2, -0.15) is 0 Å². The number of rotatable bonds is 6. The Hall–Kier alpha value is -2.37. The van der Waals surface area contributed by atoms with Crippen molar-refractivity contribution >= 4 is 23.9 Å². The number of carbonyl (C=O) groups is 3. The molecule has 1 fully saturated rings. The largest absolute Gasteiger partial charge is 0.497 e. The molecule has 0 spiro atoms. The fraction of sp³-hybridized carbons (Fsp3) is 0.400. The fourth-order valence-corrected chi connectivity index (χ4v) is 2.37. The van der Waals surface area contributed by atoms with Crippen LogP contribution < -0.4 is 9.64 Å². The number of esters is 1. The molecule has 0 aliphatic carbocycles. The number of methoxy groups -OCH3 is 1. The van der Waals surface area contributed by atoms with Crippen molar-refractivity contribution in [3.05, 3.63) is 24.3 Å². The lowest BCUT2D eigenvalue weighted by Crippen LogP contribution is -2.62. The van der Waals surface area contributed by atoms with Crippen LogP contribution in [-0.2, 0) is 19.1 Å². The molecule has 1 aliphatic heterocycles. The van der Waals surface area contributed by atoms with Crippen molar-refractivity contribution in [2.24, 2.45) is 5.92 Å². The zero-order valence-corrected chi connectivity index (χ0v) is 11.9. The zero-order valence-electron chi connectivity index (χ0n) is 11.9. The van der Waals surface area contributed by atoms with Crippen LogP contribution in [0.4, 0.5) is 5.69 Å². The highest BCUT2D eigenvalue weighted by molar-refractivity contribution is 6.09.